The summed E-state index contributed by atoms with van der Waals surface area (Å²) in [5.74, 6) is -5.66. The van der Waals surface area contributed by atoms with E-state index in [-0.39, 0.29) is 23.3 Å². The number of hydrogen-bond donors (Lipinski definition) is 1. The SMILES string of the molecule is COC(=O)C1=C(C)NC2=C(C(=O)OC2)[C@H]1c1cnc(F)c(F)c1[C@H](C)F. The fourth-order valence-electron chi connectivity index (χ4n) is 3.28. The lowest BCUT2D eigenvalue weighted by Gasteiger charge is -2.28. The number of alkyl halides is 1. The number of dihydropyridines is 1. The van der Waals surface area contributed by atoms with Gasteiger partial charge in [0.1, 0.15) is 12.8 Å². The number of carbonyl (C=O) groups is 2. The molecule has 1 aromatic rings. The van der Waals surface area contributed by atoms with Crippen LogP contribution in [0.4, 0.5) is 13.2 Å². The molecule has 1 aromatic heterocycles. The van der Waals surface area contributed by atoms with Crippen LogP contribution >= 0.6 is 0 Å². The van der Waals surface area contributed by atoms with Crippen LogP contribution in [0.25, 0.3) is 0 Å². The summed E-state index contributed by atoms with van der Waals surface area (Å²) in [6.07, 6.45) is -0.982. The van der Waals surface area contributed by atoms with Crippen LogP contribution in [0.3, 0.4) is 0 Å². The normalized spacial score (nSPS) is 20.5. The highest BCUT2D eigenvalue weighted by Crippen LogP contribution is 2.44. The van der Waals surface area contributed by atoms with Gasteiger partial charge < -0.3 is 14.8 Å². The number of carbonyl (C=O) groups excluding carboxylic acids is 2. The van der Waals surface area contributed by atoms with E-state index in [0.717, 1.165) is 20.2 Å². The van der Waals surface area contributed by atoms with Gasteiger partial charge in [0.05, 0.1) is 29.9 Å². The molecule has 0 spiro atoms. The Morgan fingerprint density at radius 3 is 2.77 bits per heavy atom. The molecule has 0 amide bonds. The molecule has 2 atom stereocenters. The van der Waals surface area contributed by atoms with Crippen LogP contribution in [0.2, 0.25) is 0 Å². The third kappa shape index (κ3) is 2.63. The largest absolute Gasteiger partial charge is 0.466 e. The van der Waals surface area contributed by atoms with Crippen LogP contribution < -0.4 is 5.32 Å². The predicted octanol–water partition coefficient (Wildman–Crippen LogP) is 2.33. The summed E-state index contributed by atoms with van der Waals surface area (Å²) in [6.45, 7) is 2.50. The Morgan fingerprint density at radius 1 is 1.46 bits per heavy atom. The zero-order chi connectivity index (χ0) is 19.2. The number of nitrogens with zero attached hydrogens (tertiary/aromatic N) is 1. The Hall–Kier alpha value is -2.84. The minimum absolute atomic E-state index is 0.0192. The second-order valence-electron chi connectivity index (χ2n) is 5.90. The van der Waals surface area contributed by atoms with E-state index in [1.54, 1.807) is 6.92 Å². The van der Waals surface area contributed by atoms with Crippen molar-refractivity contribution in [3.63, 3.8) is 0 Å². The molecule has 0 saturated carbocycles. The highest BCUT2D eigenvalue weighted by molar-refractivity contribution is 6.01. The molecule has 0 aliphatic carbocycles. The minimum Gasteiger partial charge on any atom is -0.466 e. The Balaban J connectivity index is 2.31. The molecule has 138 valence electrons. The van der Waals surface area contributed by atoms with Crippen molar-refractivity contribution in [2.24, 2.45) is 0 Å². The molecule has 0 bridgehead atoms. The summed E-state index contributed by atoms with van der Waals surface area (Å²) >= 11 is 0. The zero-order valence-corrected chi connectivity index (χ0v) is 14.2. The van der Waals surface area contributed by atoms with Gasteiger partial charge >= 0.3 is 11.9 Å². The molecule has 0 unspecified atom stereocenters. The molecule has 3 heterocycles. The fourth-order valence-corrected chi connectivity index (χ4v) is 3.28. The van der Waals surface area contributed by atoms with Crippen molar-refractivity contribution < 1.29 is 32.2 Å². The molecular formula is C17H15F3N2O4. The number of aromatic nitrogens is 1. The molecule has 3 rings (SSSR count). The predicted molar refractivity (Wildman–Crippen MR) is 82.3 cm³/mol. The number of nitrogens with one attached hydrogen (secondary N) is 1. The first-order valence-corrected chi connectivity index (χ1v) is 7.72. The molecule has 9 heteroatoms. The number of cyclic esters (lactones) is 1. The van der Waals surface area contributed by atoms with Crippen LogP contribution in [-0.2, 0) is 19.1 Å². The van der Waals surface area contributed by atoms with E-state index >= 15 is 0 Å². The van der Waals surface area contributed by atoms with Crippen LogP contribution in [-0.4, -0.2) is 30.6 Å². The maximum atomic E-state index is 14.3. The first kappa shape index (κ1) is 18.0. The lowest BCUT2D eigenvalue weighted by atomic mass is 9.79. The first-order valence-electron chi connectivity index (χ1n) is 7.72. The van der Waals surface area contributed by atoms with Crippen molar-refractivity contribution in [2.75, 3.05) is 13.7 Å². The molecule has 2 aliphatic rings. The van der Waals surface area contributed by atoms with Gasteiger partial charge in [-0.3, -0.25) is 0 Å². The van der Waals surface area contributed by atoms with E-state index in [1.165, 1.54) is 0 Å². The highest BCUT2D eigenvalue weighted by atomic mass is 19.2. The van der Waals surface area contributed by atoms with Crippen LogP contribution in [0, 0.1) is 11.8 Å². The fraction of sp³-hybridized carbons (Fsp3) is 0.353. The highest BCUT2D eigenvalue weighted by Gasteiger charge is 2.43. The Morgan fingerprint density at radius 2 is 2.15 bits per heavy atom. The first-order chi connectivity index (χ1) is 12.3. The van der Waals surface area contributed by atoms with Gasteiger partial charge in [0.15, 0.2) is 5.82 Å². The average molecular weight is 368 g/mol. The number of pyridine rings is 1. The molecule has 0 radical (unpaired) electrons. The van der Waals surface area contributed by atoms with Gasteiger partial charge in [-0.25, -0.2) is 23.4 Å². The van der Waals surface area contributed by atoms with Gasteiger partial charge in [-0.05, 0) is 19.4 Å². The lowest BCUT2D eigenvalue weighted by Crippen LogP contribution is -2.31. The topological polar surface area (TPSA) is 77.5 Å². The van der Waals surface area contributed by atoms with Crippen molar-refractivity contribution in [1.29, 1.82) is 0 Å². The number of allylic oxidation sites excluding steroid dienone is 1. The third-order valence-electron chi connectivity index (χ3n) is 4.37. The van der Waals surface area contributed by atoms with E-state index in [4.69, 9.17) is 9.47 Å². The van der Waals surface area contributed by atoms with Crippen LogP contribution in [0.15, 0.2) is 28.7 Å². The van der Waals surface area contributed by atoms with E-state index in [2.05, 4.69) is 10.3 Å². The van der Waals surface area contributed by atoms with E-state index in [9.17, 15) is 22.8 Å². The summed E-state index contributed by atoms with van der Waals surface area (Å²) in [6, 6.07) is 0. The quantitative estimate of drug-likeness (QED) is 0.652. The Labute approximate surface area is 146 Å². The maximum Gasteiger partial charge on any atom is 0.337 e. The summed E-state index contributed by atoms with van der Waals surface area (Å²) in [4.78, 5) is 27.8. The Bertz CT molecular complexity index is 877. The summed E-state index contributed by atoms with van der Waals surface area (Å²) in [7, 11) is 1.14. The lowest BCUT2D eigenvalue weighted by molar-refractivity contribution is -0.136. The van der Waals surface area contributed by atoms with Crippen molar-refractivity contribution in [3.05, 3.63) is 51.6 Å². The second-order valence-corrected chi connectivity index (χ2v) is 5.90. The number of hydrogen-bond acceptors (Lipinski definition) is 6. The van der Waals surface area contributed by atoms with Gasteiger partial charge in [-0.2, -0.15) is 4.39 Å². The molecule has 0 aromatic carbocycles. The monoisotopic (exact) mass is 368 g/mol. The van der Waals surface area contributed by atoms with Gasteiger partial charge in [0, 0.05) is 17.5 Å². The molecule has 0 saturated heterocycles. The molecule has 0 fully saturated rings. The average Bonchev–Trinajstić information content (AvgIpc) is 2.95. The second kappa shape index (κ2) is 6.47. The van der Waals surface area contributed by atoms with Crippen molar-refractivity contribution in [1.82, 2.24) is 10.3 Å². The van der Waals surface area contributed by atoms with Crippen LogP contribution in [0.1, 0.15) is 37.1 Å². The maximum absolute atomic E-state index is 14.3. The molecular weight excluding hydrogens is 353 g/mol. The van der Waals surface area contributed by atoms with E-state index in [0.29, 0.717) is 11.4 Å². The molecule has 6 nitrogen and oxygen atoms in total. The van der Waals surface area contributed by atoms with E-state index < -0.39 is 41.4 Å². The number of esters is 2. The number of rotatable bonds is 3. The standard InChI is InChI=1S/C17H15F3N2O4/c1-6(18)10-8(4-21-15(20)14(10)19)12-11(16(23)25-3)7(2)22-9-5-26-17(24)13(9)12/h4,6,12,22H,5H2,1-3H3/t6-,12-/m0/s1. The van der Waals surface area contributed by atoms with Crippen molar-refractivity contribution in [3.8, 4) is 0 Å². The van der Waals surface area contributed by atoms with Crippen molar-refractivity contribution >= 4 is 11.9 Å². The minimum atomic E-state index is -1.90. The smallest absolute Gasteiger partial charge is 0.337 e. The van der Waals surface area contributed by atoms with Gasteiger partial charge in [0.2, 0.25) is 5.95 Å². The molecule has 26 heavy (non-hydrogen) atoms. The third-order valence-corrected chi connectivity index (χ3v) is 4.37. The molecule has 2 aliphatic heterocycles. The zero-order valence-electron chi connectivity index (χ0n) is 14.2. The number of ether oxygens (including phenoxy) is 2. The van der Waals surface area contributed by atoms with Crippen LogP contribution in [0.5, 0.6) is 0 Å². The van der Waals surface area contributed by atoms with Gasteiger partial charge in [0.25, 0.3) is 0 Å². The summed E-state index contributed by atoms with van der Waals surface area (Å²) in [5.41, 5.74) is -0.0457. The summed E-state index contributed by atoms with van der Waals surface area (Å²) < 4.78 is 51.7. The number of halogens is 3. The summed E-state index contributed by atoms with van der Waals surface area (Å²) in [5, 5.41) is 2.88. The number of methoxy groups -OCH3 is 1. The van der Waals surface area contributed by atoms with Crippen molar-refractivity contribution in [2.45, 2.75) is 25.9 Å². The van der Waals surface area contributed by atoms with E-state index in [1.807, 2.05) is 0 Å². The molecule has 1 N–H and O–H groups in total. The van der Waals surface area contributed by atoms with Gasteiger partial charge in [-0.1, -0.05) is 0 Å². The van der Waals surface area contributed by atoms with Gasteiger partial charge in [-0.15, -0.1) is 0 Å². The Kier molecular flexibility index (Phi) is 4.47.